The molecule has 3 aromatic carbocycles. The van der Waals surface area contributed by atoms with Gasteiger partial charge in [-0.05, 0) is 55.0 Å². The van der Waals surface area contributed by atoms with Crippen LogP contribution in [0.5, 0.6) is 0 Å². The number of halogens is 4. The van der Waals surface area contributed by atoms with Gasteiger partial charge in [0.25, 0.3) is 5.91 Å². The van der Waals surface area contributed by atoms with Gasteiger partial charge in [-0.25, -0.2) is 4.39 Å². The molecule has 0 saturated carbocycles. The molecule has 0 bridgehead atoms. The van der Waals surface area contributed by atoms with E-state index >= 15 is 0 Å². The van der Waals surface area contributed by atoms with E-state index in [1.54, 1.807) is 26.1 Å². The highest BCUT2D eigenvalue weighted by Crippen LogP contribution is 2.43. The van der Waals surface area contributed by atoms with Gasteiger partial charge in [0.2, 0.25) is 5.91 Å². The van der Waals surface area contributed by atoms with Crippen molar-refractivity contribution in [2.75, 3.05) is 19.4 Å². The molecule has 3 atom stereocenters. The van der Waals surface area contributed by atoms with E-state index in [1.807, 2.05) is 30.3 Å². The fourth-order valence-electron chi connectivity index (χ4n) is 5.19. The molecule has 11 heteroatoms. The lowest BCUT2D eigenvalue weighted by Crippen LogP contribution is -2.54. The number of nitrogens with zero attached hydrogens (tertiary/aromatic N) is 2. The van der Waals surface area contributed by atoms with Crippen molar-refractivity contribution in [2.45, 2.75) is 24.7 Å². The first-order valence-electron chi connectivity index (χ1n) is 12.9. The van der Waals surface area contributed by atoms with Crippen LogP contribution in [0.4, 0.5) is 23.2 Å². The number of allylic oxidation sites excluding steroid dienone is 1. The van der Waals surface area contributed by atoms with Gasteiger partial charge < -0.3 is 20.5 Å². The second-order valence-corrected chi connectivity index (χ2v) is 11.2. The Balaban J connectivity index is 1.82. The number of para-hydroxylation sites is 1. The number of benzene rings is 3. The summed E-state index contributed by atoms with van der Waals surface area (Å²) in [6.45, 7) is 1.60. The van der Waals surface area contributed by atoms with Crippen molar-refractivity contribution in [1.29, 1.82) is 5.41 Å². The summed E-state index contributed by atoms with van der Waals surface area (Å²) in [6.07, 6.45) is -4.62. The molecule has 0 unspecified atom stereocenters. The van der Waals surface area contributed by atoms with Crippen LogP contribution < -0.4 is 5.32 Å². The Hall–Kier alpha value is -4.25. The van der Waals surface area contributed by atoms with Crippen LogP contribution in [0.25, 0.3) is 0 Å². The Morgan fingerprint density at radius 3 is 2.27 bits per heavy atom. The van der Waals surface area contributed by atoms with Crippen LogP contribution in [-0.4, -0.2) is 57.3 Å². The minimum Gasteiger partial charge on any atom is -0.342 e. The Labute approximate surface area is 238 Å². The summed E-state index contributed by atoms with van der Waals surface area (Å²) in [6, 6.07) is 19.0. The Morgan fingerprint density at radius 2 is 1.68 bits per heavy atom. The molecule has 0 fully saturated rings. The first kappa shape index (κ1) is 29.7. The number of alkyl halides is 3. The summed E-state index contributed by atoms with van der Waals surface area (Å²) in [5.74, 6) is -2.69. The maximum Gasteiger partial charge on any atom is 0.416 e. The highest BCUT2D eigenvalue weighted by molar-refractivity contribution is 6.17. The molecule has 214 valence electrons. The van der Waals surface area contributed by atoms with Crippen LogP contribution in [0.15, 0.2) is 90.3 Å². The van der Waals surface area contributed by atoms with E-state index in [1.165, 1.54) is 41.1 Å². The first-order chi connectivity index (χ1) is 19.3. The minimum absolute atomic E-state index is 0.149. The van der Waals surface area contributed by atoms with Gasteiger partial charge in [-0.15, -0.1) is 0 Å². The third-order valence-electron chi connectivity index (χ3n) is 7.43. The summed E-state index contributed by atoms with van der Waals surface area (Å²) >= 11 is 0. The molecular weight excluding hydrogens is 552 g/mol. The van der Waals surface area contributed by atoms with Gasteiger partial charge in [0.1, 0.15) is 11.6 Å². The first-order valence-corrected chi connectivity index (χ1v) is 14.1. The van der Waals surface area contributed by atoms with Gasteiger partial charge in [-0.2, -0.15) is 13.2 Å². The summed E-state index contributed by atoms with van der Waals surface area (Å²) in [5.41, 5.74) is 0.152. The second kappa shape index (κ2) is 11.7. The van der Waals surface area contributed by atoms with Crippen LogP contribution in [0.2, 0.25) is 0 Å². The number of carbonyl (C=O) groups is 2. The number of anilines is 1. The van der Waals surface area contributed by atoms with Crippen LogP contribution in [-0.2, 0) is 11.0 Å². The zero-order valence-corrected chi connectivity index (χ0v) is 25.0. The van der Waals surface area contributed by atoms with Crippen molar-refractivity contribution in [3.05, 3.63) is 113 Å². The van der Waals surface area contributed by atoms with Gasteiger partial charge >= 0.3 is 6.18 Å². The quantitative estimate of drug-likeness (QED) is 0.238. The smallest absolute Gasteiger partial charge is 0.342 e. The average molecular weight is 583 g/mol. The average Bonchev–Trinajstić information content (AvgIpc) is 2.94. The van der Waals surface area contributed by atoms with E-state index in [0.29, 0.717) is 22.6 Å². The van der Waals surface area contributed by atoms with Gasteiger partial charge in [-0.1, -0.05) is 36.4 Å². The standard InChI is InChI=1S/C30H30F4N4O2Si/c1-17(35)23-24(18-12-14-21(31)15-13-18)25(28(40)37(2)26(23)36-22-10-5-4-6-11-22)29(41)38(3)27(39)19-8-7-9-20(16-19)30(32,33)34/h4-16,24-25,29,35-36H,1-3,41H3/t24-,25-,29+/m0/s1. The number of hydrogen-bond acceptors (Lipinski definition) is 4. The largest absolute Gasteiger partial charge is 0.416 e. The topological polar surface area (TPSA) is 76.5 Å². The van der Waals surface area contributed by atoms with Crippen molar-refractivity contribution < 1.29 is 27.2 Å². The van der Waals surface area contributed by atoms with Crippen molar-refractivity contribution in [2.24, 2.45) is 5.92 Å². The van der Waals surface area contributed by atoms with E-state index in [0.717, 1.165) is 12.1 Å². The van der Waals surface area contributed by atoms with Gasteiger partial charge in [0.15, 0.2) is 0 Å². The summed E-state index contributed by atoms with van der Waals surface area (Å²) in [5, 5.41) is 12.0. The Morgan fingerprint density at radius 1 is 1.05 bits per heavy atom. The van der Waals surface area contributed by atoms with Crippen molar-refractivity contribution in [1.82, 2.24) is 9.80 Å². The van der Waals surface area contributed by atoms with E-state index in [9.17, 15) is 27.2 Å². The molecule has 0 saturated heterocycles. The van der Waals surface area contributed by atoms with Crippen molar-refractivity contribution in [3.63, 3.8) is 0 Å². The molecule has 41 heavy (non-hydrogen) atoms. The lowest BCUT2D eigenvalue weighted by Gasteiger charge is -2.44. The van der Waals surface area contributed by atoms with Crippen LogP contribution in [0.3, 0.4) is 0 Å². The van der Waals surface area contributed by atoms with Crippen LogP contribution in [0, 0.1) is 17.1 Å². The molecule has 0 aliphatic carbocycles. The summed E-state index contributed by atoms with van der Waals surface area (Å²) < 4.78 is 53.9. The highest BCUT2D eigenvalue weighted by atomic mass is 28.1. The number of nitrogens with one attached hydrogen (secondary N) is 2. The van der Waals surface area contributed by atoms with E-state index in [-0.39, 0.29) is 27.4 Å². The normalized spacial score (nSPS) is 18.3. The number of carbonyl (C=O) groups excluding carboxylic acids is 2. The highest BCUT2D eigenvalue weighted by Gasteiger charge is 2.46. The molecule has 0 radical (unpaired) electrons. The fourth-order valence-corrected chi connectivity index (χ4v) is 6.10. The zero-order chi connectivity index (χ0) is 30.1. The lowest BCUT2D eigenvalue weighted by molar-refractivity contribution is -0.137. The fraction of sp³-hybridized carbons (Fsp3) is 0.233. The van der Waals surface area contributed by atoms with Crippen molar-refractivity contribution in [3.8, 4) is 0 Å². The van der Waals surface area contributed by atoms with Crippen molar-refractivity contribution >= 4 is 33.5 Å². The van der Waals surface area contributed by atoms with E-state index < -0.39 is 41.0 Å². The molecule has 2 amide bonds. The van der Waals surface area contributed by atoms with E-state index in [4.69, 9.17) is 5.41 Å². The molecule has 1 aliphatic heterocycles. The van der Waals surface area contributed by atoms with Crippen LogP contribution in [0.1, 0.15) is 34.3 Å². The zero-order valence-electron chi connectivity index (χ0n) is 23.0. The molecule has 3 aromatic rings. The second-order valence-electron chi connectivity index (χ2n) is 10.1. The SMILES string of the molecule is CC(=N)C1=C(Nc2ccccc2)N(C)C(=O)[C@@H]([C@@H]([SiH3])N(C)C(=O)c2cccc(C(F)(F)F)c2)[C@H]1c1ccc(F)cc1. The van der Waals surface area contributed by atoms with Gasteiger partial charge in [0.05, 0.1) is 11.5 Å². The van der Waals surface area contributed by atoms with Gasteiger partial charge in [-0.3, -0.25) is 9.59 Å². The Bertz CT molecular complexity index is 1490. The molecule has 4 rings (SSSR count). The molecule has 2 N–H and O–H groups in total. The maximum atomic E-state index is 14.1. The predicted octanol–water partition coefficient (Wildman–Crippen LogP) is 4.84. The third kappa shape index (κ3) is 6.09. The third-order valence-corrected chi connectivity index (χ3v) is 8.93. The molecule has 1 aliphatic rings. The number of rotatable bonds is 7. The lowest BCUT2D eigenvalue weighted by atomic mass is 9.75. The van der Waals surface area contributed by atoms with E-state index in [2.05, 4.69) is 5.32 Å². The summed E-state index contributed by atoms with van der Waals surface area (Å²) in [7, 11) is 3.32. The monoisotopic (exact) mass is 582 g/mol. The number of hydrogen-bond donors (Lipinski definition) is 2. The minimum atomic E-state index is -4.62. The molecule has 0 spiro atoms. The Kier molecular flexibility index (Phi) is 8.48. The van der Waals surface area contributed by atoms with Gasteiger partial charge in [0, 0.05) is 58.5 Å². The number of amides is 2. The maximum absolute atomic E-state index is 14.1. The molecule has 0 aromatic heterocycles. The predicted molar refractivity (Wildman–Crippen MR) is 153 cm³/mol. The molecule has 6 nitrogen and oxygen atoms in total. The van der Waals surface area contributed by atoms with Crippen LogP contribution >= 0.6 is 0 Å². The molecule has 1 heterocycles. The summed E-state index contributed by atoms with van der Waals surface area (Å²) in [4.78, 5) is 30.2. The molecular formula is C30H30F4N4O2Si.